The van der Waals surface area contributed by atoms with Crippen molar-refractivity contribution in [3.8, 4) is 23.0 Å². The van der Waals surface area contributed by atoms with Crippen molar-refractivity contribution in [3.63, 3.8) is 0 Å². The van der Waals surface area contributed by atoms with E-state index in [0.717, 1.165) is 11.1 Å². The van der Waals surface area contributed by atoms with E-state index in [4.69, 9.17) is 30.5 Å². The molecule has 3 amide bonds. The number of fused-ring (bicyclic) bond motifs is 9. The van der Waals surface area contributed by atoms with Gasteiger partial charge in [0.1, 0.15) is 23.4 Å². The van der Waals surface area contributed by atoms with Gasteiger partial charge in [0.15, 0.2) is 18.1 Å². The lowest BCUT2D eigenvalue weighted by molar-refractivity contribution is -0.135. The van der Waals surface area contributed by atoms with Crippen LogP contribution in [0.1, 0.15) is 29.5 Å². The minimum Gasteiger partial charge on any atom is -0.496 e. The van der Waals surface area contributed by atoms with Gasteiger partial charge < -0.3 is 34.5 Å². The summed E-state index contributed by atoms with van der Waals surface area (Å²) >= 11 is 6.17. The minimum absolute atomic E-state index is 0.125. The van der Waals surface area contributed by atoms with Crippen LogP contribution in [-0.2, 0) is 33.8 Å². The summed E-state index contributed by atoms with van der Waals surface area (Å²) in [5.74, 6) is 0.401. The van der Waals surface area contributed by atoms with Crippen LogP contribution in [0.5, 0.6) is 23.0 Å². The Kier molecular flexibility index (Phi) is 10.3. The van der Waals surface area contributed by atoms with Crippen molar-refractivity contribution in [3.05, 3.63) is 82.1 Å². The number of amides is 3. The Morgan fingerprint density at radius 2 is 1.87 bits per heavy atom. The number of carbonyl (C=O) groups excluding carboxylic acids is 3. The van der Waals surface area contributed by atoms with Crippen LogP contribution < -0.4 is 29.6 Å². The number of likely N-dealkylation sites (tertiary alicyclic amines) is 1. The first-order valence-corrected chi connectivity index (χ1v) is 15.0. The highest BCUT2D eigenvalue weighted by atomic mass is 35.5. The van der Waals surface area contributed by atoms with Crippen molar-refractivity contribution in [2.24, 2.45) is 0 Å². The lowest BCUT2D eigenvalue weighted by atomic mass is 10.00. The van der Waals surface area contributed by atoms with Gasteiger partial charge in [0.05, 0.1) is 26.7 Å². The molecule has 45 heavy (non-hydrogen) atoms. The molecule has 12 heteroatoms. The van der Waals surface area contributed by atoms with Crippen LogP contribution in [0.2, 0.25) is 5.02 Å². The van der Waals surface area contributed by atoms with Crippen LogP contribution in [0.25, 0.3) is 0 Å². The van der Waals surface area contributed by atoms with Gasteiger partial charge in [0, 0.05) is 54.7 Å². The van der Waals surface area contributed by atoms with Gasteiger partial charge in [-0.25, -0.2) is 4.39 Å². The molecule has 2 N–H and O–H groups in total. The molecule has 3 aliphatic heterocycles. The number of hydrogen-bond acceptors (Lipinski definition) is 7. The zero-order chi connectivity index (χ0) is 31.9. The summed E-state index contributed by atoms with van der Waals surface area (Å²) in [6.45, 7) is 0.389. The molecule has 3 heterocycles. The highest BCUT2D eigenvalue weighted by molar-refractivity contribution is 6.31. The summed E-state index contributed by atoms with van der Waals surface area (Å²) in [5, 5.41) is 6.07. The molecule has 4 bridgehead atoms. The van der Waals surface area contributed by atoms with E-state index in [2.05, 4.69) is 10.6 Å². The van der Waals surface area contributed by atoms with Crippen molar-refractivity contribution >= 4 is 29.3 Å². The van der Waals surface area contributed by atoms with Crippen LogP contribution in [0, 0.1) is 5.82 Å². The number of methoxy groups -OCH3 is 2. The van der Waals surface area contributed by atoms with Gasteiger partial charge >= 0.3 is 0 Å². The van der Waals surface area contributed by atoms with E-state index in [-0.39, 0.29) is 54.9 Å². The van der Waals surface area contributed by atoms with E-state index in [1.807, 2.05) is 12.1 Å². The molecule has 0 aliphatic carbocycles. The molecule has 0 unspecified atom stereocenters. The van der Waals surface area contributed by atoms with Gasteiger partial charge in [0.2, 0.25) is 11.8 Å². The maximum Gasteiger partial charge on any atom is 0.258 e. The number of halogens is 2. The molecule has 3 aromatic carbocycles. The molecule has 0 saturated carbocycles. The Morgan fingerprint density at radius 1 is 1.04 bits per heavy atom. The third-order valence-corrected chi connectivity index (χ3v) is 8.24. The fraction of sp³-hybridized carbons (Fsp3) is 0.364. The fourth-order valence-electron chi connectivity index (χ4n) is 5.44. The second kappa shape index (κ2) is 14.5. The van der Waals surface area contributed by atoms with Crippen molar-refractivity contribution in [2.75, 3.05) is 33.9 Å². The molecule has 6 rings (SSSR count). The van der Waals surface area contributed by atoms with Crippen LogP contribution in [0.3, 0.4) is 0 Å². The van der Waals surface area contributed by atoms with Gasteiger partial charge in [-0.3, -0.25) is 14.4 Å². The number of carbonyl (C=O) groups is 3. The van der Waals surface area contributed by atoms with E-state index in [9.17, 15) is 18.8 Å². The van der Waals surface area contributed by atoms with Gasteiger partial charge in [-0.15, -0.1) is 0 Å². The molecule has 238 valence electrons. The maximum absolute atomic E-state index is 14.4. The predicted molar refractivity (Wildman–Crippen MR) is 164 cm³/mol. The Balaban J connectivity index is 1.40. The van der Waals surface area contributed by atoms with Crippen molar-refractivity contribution < 1.29 is 37.7 Å². The number of hydrogen-bond donors (Lipinski definition) is 2. The first kappa shape index (κ1) is 31.9. The minimum atomic E-state index is -0.616. The van der Waals surface area contributed by atoms with Crippen molar-refractivity contribution in [1.82, 2.24) is 15.5 Å². The number of rotatable bonds is 4. The van der Waals surface area contributed by atoms with Crippen LogP contribution in [0.15, 0.2) is 54.6 Å². The maximum atomic E-state index is 14.4. The first-order valence-electron chi connectivity index (χ1n) is 14.6. The summed E-state index contributed by atoms with van der Waals surface area (Å²) in [6, 6.07) is 14.3. The van der Waals surface area contributed by atoms with Gasteiger partial charge in [-0.05, 0) is 48.4 Å². The second-order valence-corrected chi connectivity index (χ2v) is 11.3. The Labute approximate surface area is 265 Å². The van der Waals surface area contributed by atoms with E-state index < -0.39 is 23.9 Å². The Bertz CT molecular complexity index is 1550. The number of aryl methyl sites for hydroxylation is 1. The third kappa shape index (κ3) is 7.96. The third-order valence-electron chi connectivity index (χ3n) is 7.89. The summed E-state index contributed by atoms with van der Waals surface area (Å²) in [5.41, 5.74) is 1.74. The molecular formula is C33H35ClFN3O7. The van der Waals surface area contributed by atoms with Crippen LogP contribution >= 0.6 is 11.6 Å². The van der Waals surface area contributed by atoms with Crippen molar-refractivity contribution in [1.29, 1.82) is 0 Å². The second-order valence-electron chi connectivity index (χ2n) is 10.9. The highest BCUT2D eigenvalue weighted by Crippen LogP contribution is 2.30. The molecule has 10 nitrogen and oxygen atoms in total. The quantitative estimate of drug-likeness (QED) is 0.446. The molecule has 3 aromatic rings. The SMILES string of the molecule is COc1cc2ccc1CNC(=O)CCc1ccc(OC)c(c1)OCC(=O)N[C@@H]1CN(C(=O)Cc3c(F)cccc3Cl)CC[C@@H]1O2. The zero-order valence-electron chi connectivity index (χ0n) is 25.1. The zero-order valence-corrected chi connectivity index (χ0v) is 25.8. The molecule has 3 aliphatic rings. The lowest BCUT2D eigenvalue weighted by Crippen LogP contribution is -2.58. The summed E-state index contributed by atoms with van der Waals surface area (Å²) < 4.78 is 37.6. The average molecular weight is 640 g/mol. The van der Waals surface area contributed by atoms with Gasteiger partial charge in [-0.1, -0.05) is 23.7 Å². The number of benzene rings is 3. The lowest BCUT2D eigenvalue weighted by Gasteiger charge is -2.39. The summed E-state index contributed by atoms with van der Waals surface area (Å²) in [7, 11) is 3.04. The van der Waals surface area contributed by atoms with Gasteiger partial charge in [-0.2, -0.15) is 0 Å². The summed E-state index contributed by atoms with van der Waals surface area (Å²) in [6.07, 6.45) is 0.362. The molecule has 1 fully saturated rings. The molecule has 0 radical (unpaired) electrons. The molecule has 1 saturated heterocycles. The molecule has 0 spiro atoms. The van der Waals surface area contributed by atoms with Crippen LogP contribution in [-0.4, -0.2) is 68.7 Å². The van der Waals surface area contributed by atoms with Crippen molar-refractivity contribution in [2.45, 2.75) is 44.4 Å². The molecular weight excluding hydrogens is 605 g/mol. The number of ether oxygens (including phenoxy) is 4. The smallest absolute Gasteiger partial charge is 0.258 e. The van der Waals surface area contributed by atoms with Crippen LogP contribution in [0.4, 0.5) is 4.39 Å². The van der Waals surface area contributed by atoms with E-state index >= 15 is 0 Å². The largest absolute Gasteiger partial charge is 0.496 e. The molecule has 2 atom stereocenters. The average Bonchev–Trinajstić information content (AvgIpc) is 3.04. The number of nitrogens with zero attached hydrogens (tertiary/aromatic N) is 1. The van der Waals surface area contributed by atoms with E-state index in [0.29, 0.717) is 42.4 Å². The van der Waals surface area contributed by atoms with E-state index in [1.54, 1.807) is 35.2 Å². The monoisotopic (exact) mass is 639 g/mol. The predicted octanol–water partition coefficient (Wildman–Crippen LogP) is 3.84. The number of piperidine rings is 1. The van der Waals surface area contributed by atoms with E-state index in [1.165, 1.54) is 26.4 Å². The fourth-order valence-corrected chi connectivity index (χ4v) is 5.67. The summed E-state index contributed by atoms with van der Waals surface area (Å²) in [4.78, 5) is 40.7. The Morgan fingerprint density at radius 3 is 2.64 bits per heavy atom. The molecule has 0 aromatic heterocycles. The standard InChI is InChI=1S/C33H35ClFN3O7/c1-42-28-10-6-20-7-11-31(39)36-17-21-8-9-22(15-29(21)43-2)45-27-12-13-38(18-26(27)37-32(40)19-44-30(28)14-20)33(41)16-23-24(34)4-3-5-25(23)35/h3-6,8-10,14-15,26-27H,7,11-13,16-19H2,1-2H3,(H,36,39)(H,37,40)/t26-,27+/m1/s1. The first-order chi connectivity index (χ1) is 21.7. The Hall–Kier alpha value is -4.51. The normalized spacial score (nSPS) is 19.0. The van der Waals surface area contributed by atoms with Gasteiger partial charge in [0.25, 0.3) is 5.91 Å². The highest BCUT2D eigenvalue weighted by Gasteiger charge is 2.35. The number of nitrogens with one attached hydrogen (secondary N) is 2. The topological polar surface area (TPSA) is 115 Å².